The molecule has 0 spiro atoms. The van der Waals surface area contributed by atoms with Gasteiger partial charge in [-0.2, -0.15) is 0 Å². The number of aryl methyl sites for hydroxylation is 1. The van der Waals surface area contributed by atoms with Crippen molar-refractivity contribution in [3.8, 4) is 0 Å². The van der Waals surface area contributed by atoms with Gasteiger partial charge in [0.15, 0.2) is 0 Å². The van der Waals surface area contributed by atoms with E-state index in [1.54, 1.807) is 0 Å². The zero-order valence-corrected chi connectivity index (χ0v) is 15.7. The molecule has 1 aromatic carbocycles. The second kappa shape index (κ2) is 8.19. The van der Waals surface area contributed by atoms with Gasteiger partial charge in [0.2, 0.25) is 0 Å². The van der Waals surface area contributed by atoms with Crippen molar-refractivity contribution in [1.29, 1.82) is 0 Å². The highest BCUT2D eigenvalue weighted by Crippen LogP contribution is 2.34. The highest BCUT2D eigenvalue weighted by Gasteiger charge is 2.31. The molecule has 2 heterocycles. The fourth-order valence-electron chi connectivity index (χ4n) is 3.75. The molecule has 1 saturated carbocycles. The summed E-state index contributed by atoms with van der Waals surface area (Å²) < 4.78 is 5.45. The summed E-state index contributed by atoms with van der Waals surface area (Å²) in [6.45, 7) is 6.51. The Bertz CT molecular complexity index is 723. The minimum absolute atomic E-state index is 0.546. The van der Waals surface area contributed by atoms with E-state index in [9.17, 15) is 0 Å². The highest BCUT2D eigenvalue weighted by molar-refractivity contribution is 5.39. The molecule has 0 bridgehead atoms. The van der Waals surface area contributed by atoms with Gasteiger partial charge in [-0.05, 0) is 55.4 Å². The van der Waals surface area contributed by atoms with Gasteiger partial charge in [-0.15, -0.1) is 0 Å². The molecule has 2 aliphatic rings. The van der Waals surface area contributed by atoms with Crippen molar-refractivity contribution in [1.82, 2.24) is 10.3 Å². The van der Waals surface area contributed by atoms with Gasteiger partial charge in [-0.25, -0.2) is 4.98 Å². The number of morpholine rings is 1. The van der Waals surface area contributed by atoms with Crippen LogP contribution in [0.25, 0.3) is 0 Å². The lowest BCUT2D eigenvalue weighted by Gasteiger charge is -2.28. The summed E-state index contributed by atoms with van der Waals surface area (Å²) in [6.07, 6.45) is 3.82. The highest BCUT2D eigenvalue weighted by atomic mass is 16.5. The number of rotatable bonds is 7. The molecule has 1 saturated heterocycles. The summed E-state index contributed by atoms with van der Waals surface area (Å²) in [5.41, 5.74) is 3.99. The zero-order chi connectivity index (χ0) is 17.8. The first-order valence-corrected chi connectivity index (χ1v) is 9.86. The van der Waals surface area contributed by atoms with Crippen molar-refractivity contribution < 1.29 is 4.74 Å². The molecule has 138 valence electrons. The topological polar surface area (TPSA) is 37.4 Å². The summed E-state index contributed by atoms with van der Waals surface area (Å²) in [6, 6.07) is 15.7. The summed E-state index contributed by atoms with van der Waals surface area (Å²) in [5.74, 6) is 1.89. The Morgan fingerprint density at radius 3 is 2.69 bits per heavy atom. The quantitative estimate of drug-likeness (QED) is 0.830. The summed E-state index contributed by atoms with van der Waals surface area (Å²) in [5, 5.41) is 3.80. The van der Waals surface area contributed by atoms with Crippen LogP contribution in [-0.2, 0) is 17.7 Å². The molecule has 2 aromatic rings. The van der Waals surface area contributed by atoms with Gasteiger partial charge >= 0.3 is 0 Å². The number of hydrogen-bond donors (Lipinski definition) is 1. The predicted molar refractivity (Wildman–Crippen MR) is 106 cm³/mol. The van der Waals surface area contributed by atoms with Gasteiger partial charge in [-0.1, -0.05) is 30.3 Å². The molecule has 1 N–H and O–H groups in total. The van der Waals surface area contributed by atoms with E-state index in [2.05, 4.69) is 59.6 Å². The number of aromatic nitrogens is 1. The average molecular weight is 351 g/mol. The van der Waals surface area contributed by atoms with Gasteiger partial charge in [-0.3, -0.25) is 0 Å². The SMILES string of the molecule is Cc1ccccc1CC(NCc1cccc(N2CCOCC2)n1)C1CC1. The fourth-order valence-corrected chi connectivity index (χ4v) is 3.75. The van der Waals surface area contributed by atoms with Crippen LogP contribution in [-0.4, -0.2) is 37.3 Å². The standard InChI is InChI=1S/C22H29N3O/c1-17-5-2-3-6-19(17)15-21(18-9-10-18)23-16-20-7-4-8-22(24-20)25-11-13-26-14-12-25/h2-8,18,21,23H,9-16H2,1H3. The van der Waals surface area contributed by atoms with Crippen LogP contribution < -0.4 is 10.2 Å². The molecule has 4 heteroatoms. The van der Waals surface area contributed by atoms with Gasteiger partial charge in [0.05, 0.1) is 18.9 Å². The maximum absolute atomic E-state index is 5.45. The summed E-state index contributed by atoms with van der Waals surface area (Å²) in [4.78, 5) is 7.20. The minimum Gasteiger partial charge on any atom is -0.378 e. The molecular formula is C22H29N3O. The van der Waals surface area contributed by atoms with E-state index < -0.39 is 0 Å². The first-order valence-electron chi connectivity index (χ1n) is 9.86. The van der Waals surface area contributed by atoms with Crippen LogP contribution in [0.3, 0.4) is 0 Å². The third kappa shape index (κ3) is 4.43. The monoisotopic (exact) mass is 351 g/mol. The number of ether oxygens (including phenoxy) is 1. The molecule has 1 atom stereocenters. The third-order valence-corrected chi connectivity index (χ3v) is 5.56. The smallest absolute Gasteiger partial charge is 0.129 e. The van der Waals surface area contributed by atoms with E-state index in [0.29, 0.717) is 6.04 Å². The number of anilines is 1. The van der Waals surface area contributed by atoms with E-state index >= 15 is 0 Å². The normalized spacial score (nSPS) is 18.7. The predicted octanol–water partition coefficient (Wildman–Crippen LogP) is 3.34. The molecule has 1 aliphatic heterocycles. The first-order chi connectivity index (χ1) is 12.8. The molecular weight excluding hydrogens is 322 g/mol. The van der Waals surface area contributed by atoms with Gasteiger partial charge in [0.25, 0.3) is 0 Å². The Morgan fingerprint density at radius 1 is 1.12 bits per heavy atom. The van der Waals surface area contributed by atoms with Crippen molar-refractivity contribution in [2.24, 2.45) is 5.92 Å². The molecule has 1 aliphatic carbocycles. The van der Waals surface area contributed by atoms with Gasteiger partial charge in [0, 0.05) is 25.7 Å². The molecule has 26 heavy (non-hydrogen) atoms. The molecule has 1 unspecified atom stereocenters. The van der Waals surface area contributed by atoms with E-state index in [1.165, 1.54) is 24.0 Å². The molecule has 4 rings (SSSR count). The zero-order valence-electron chi connectivity index (χ0n) is 15.7. The number of hydrogen-bond acceptors (Lipinski definition) is 4. The molecule has 1 aromatic heterocycles. The maximum Gasteiger partial charge on any atom is 0.129 e. The Labute approximate surface area is 156 Å². The fraction of sp³-hybridized carbons (Fsp3) is 0.500. The minimum atomic E-state index is 0.546. The van der Waals surface area contributed by atoms with Crippen LogP contribution >= 0.6 is 0 Å². The lowest BCUT2D eigenvalue weighted by molar-refractivity contribution is 0.122. The van der Waals surface area contributed by atoms with Crippen molar-refractivity contribution in [2.45, 2.75) is 38.8 Å². The third-order valence-electron chi connectivity index (χ3n) is 5.56. The number of nitrogens with zero attached hydrogens (tertiary/aromatic N) is 2. The Kier molecular flexibility index (Phi) is 5.51. The van der Waals surface area contributed by atoms with E-state index in [4.69, 9.17) is 9.72 Å². The second-order valence-corrected chi connectivity index (χ2v) is 7.54. The average Bonchev–Trinajstić information content (AvgIpc) is 3.53. The van der Waals surface area contributed by atoms with Gasteiger partial charge in [0.1, 0.15) is 5.82 Å². The summed E-state index contributed by atoms with van der Waals surface area (Å²) in [7, 11) is 0. The lowest BCUT2D eigenvalue weighted by atomic mass is 9.98. The van der Waals surface area contributed by atoms with E-state index in [0.717, 1.165) is 56.7 Å². The second-order valence-electron chi connectivity index (χ2n) is 7.54. The molecule has 4 nitrogen and oxygen atoms in total. The molecule has 0 radical (unpaired) electrons. The van der Waals surface area contributed by atoms with Crippen LogP contribution in [0.5, 0.6) is 0 Å². The van der Waals surface area contributed by atoms with E-state index in [-0.39, 0.29) is 0 Å². The molecule has 2 fully saturated rings. The molecule has 0 amide bonds. The Hall–Kier alpha value is -1.91. The number of benzene rings is 1. The Morgan fingerprint density at radius 2 is 1.92 bits per heavy atom. The van der Waals surface area contributed by atoms with Gasteiger partial charge < -0.3 is 15.0 Å². The van der Waals surface area contributed by atoms with E-state index in [1.807, 2.05) is 0 Å². The largest absolute Gasteiger partial charge is 0.378 e. The number of pyridine rings is 1. The maximum atomic E-state index is 5.45. The van der Waals surface area contributed by atoms with Crippen LogP contribution in [0.2, 0.25) is 0 Å². The lowest BCUT2D eigenvalue weighted by Crippen LogP contribution is -2.37. The van der Waals surface area contributed by atoms with Crippen molar-refractivity contribution in [3.63, 3.8) is 0 Å². The van der Waals surface area contributed by atoms with Crippen molar-refractivity contribution in [3.05, 3.63) is 59.3 Å². The van der Waals surface area contributed by atoms with Crippen LogP contribution in [0.4, 0.5) is 5.82 Å². The van der Waals surface area contributed by atoms with Crippen LogP contribution in [0, 0.1) is 12.8 Å². The number of nitrogens with one attached hydrogen (secondary N) is 1. The van der Waals surface area contributed by atoms with Crippen molar-refractivity contribution in [2.75, 3.05) is 31.2 Å². The summed E-state index contributed by atoms with van der Waals surface area (Å²) >= 11 is 0. The van der Waals surface area contributed by atoms with Crippen LogP contribution in [0.1, 0.15) is 29.7 Å². The van der Waals surface area contributed by atoms with Crippen molar-refractivity contribution >= 4 is 5.82 Å². The van der Waals surface area contributed by atoms with Crippen LogP contribution in [0.15, 0.2) is 42.5 Å². The first kappa shape index (κ1) is 17.5. The Balaban J connectivity index is 1.39.